The summed E-state index contributed by atoms with van der Waals surface area (Å²) >= 11 is 0. The smallest absolute Gasteiger partial charge is 0.238 e. The molecule has 0 spiro atoms. The van der Waals surface area contributed by atoms with Crippen LogP contribution < -0.4 is 5.32 Å². The maximum absolute atomic E-state index is 13.6. The quantitative estimate of drug-likeness (QED) is 0.882. The van der Waals surface area contributed by atoms with Gasteiger partial charge in [0.1, 0.15) is 5.82 Å². The fourth-order valence-electron chi connectivity index (χ4n) is 2.18. The maximum Gasteiger partial charge on any atom is 0.238 e. The minimum Gasteiger partial charge on any atom is -0.322 e. The molecule has 2 rings (SSSR count). The van der Waals surface area contributed by atoms with E-state index in [1.165, 1.54) is 6.07 Å². The van der Waals surface area contributed by atoms with Gasteiger partial charge in [-0.05, 0) is 31.5 Å². The molecule has 0 saturated carbocycles. The molecule has 22 heavy (non-hydrogen) atoms. The van der Waals surface area contributed by atoms with Gasteiger partial charge in [0.25, 0.3) is 0 Å². The average molecular weight is 300 g/mol. The monoisotopic (exact) mass is 300 g/mol. The molecule has 0 aliphatic heterocycles. The summed E-state index contributed by atoms with van der Waals surface area (Å²) in [6.07, 6.45) is 0. The first-order valence-corrected chi connectivity index (χ1v) is 7.38. The Balaban J connectivity index is 1.99. The van der Waals surface area contributed by atoms with Crippen molar-refractivity contribution in [1.29, 1.82) is 0 Å². The van der Waals surface area contributed by atoms with E-state index >= 15 is 0 Å². The van der Waals surface area contributed by atoms with Gasteiger partial charge in [0, 0.05) is 12.6 Å². The van der Waals surface area contributed by atoms with Gasteiger partial charge in [-0.1, -0.05) is 42.5 Å². The second-order valence-electron chi connectivity index (χ2n) is 5.51. The minimum absolute atomic E-state index is 0.213. The molecule has 4 heteroatoms. The third kappa shape index (κ3) is 4.67. The summed E-state index contributed by atoms with van der Waals surface area (Å²) in [6, 6.07) is 16.4. The normalized spacial score (nSPS) is 11.0. The lowest BCUT2D eigenvalue weighted by Gasteiger charge is -2.26. The van der Waals surface area contributed by atoms with Gasteiger partial charge < -0.3 is 5.32 Å². The number of nitrogens with zero attached hydrogens (tertiary/aromatic N) is 1. The number of hydrogen-bond donors (Lipinski definition) is 1. The predicted octanol–water partition coefficient (Wildman–Crippen LogP) is 3.67. The largest absolute Gasteiger partial charge is 0.322 e. The van der Waals surface area contributed by atoms with Crippen LogP contribution in [-0.4, -0.2) is 23.4 Å². The molecule has 0 bridgehead atoms. The lowest BCUT2D eigenvalue weighted by atomic mass is 10.2. The number of benzene rings is 2. The van der Waals surface area contributed by atoms with Crippen LogP contribution in [0.15, 0.2) is 54.6 Å². The van der Waals surface area contributed by atoms with E-state index in [4.69, 9.17) is 0 Å². The number of halogens is 1. The lowest BCUT2D eigenvalue weighted by molar-refractivity contribution is -0.117. The molecular weight excluding hydrogens is 279 g/mol. The molecule has 0 aromatic heterocycles. The first kappa shape index (κ1) is 16.2. The van der Waals surface area contributed by atoms with E-state index in [-0.39, 0.29) is 24.2 Å². The Hall–Kier alpha value is -2.20. The van der Waals surface area contributed by atoms with E-state index in [2.05, 4.69) is 5.32 Å². The van der Waals surface area contributed by atoms with Crippen molar-refractivity contribution in [2.75, 3.05) is 11.9 Å². The second-order valence-corrected chi connectivity index (χ2v) is 5.51. The molecule has 0 saturated heterocycles. The molecule has 3 nitrogen and oxygen atoms in total. The molecule has 0 heterocycles. The summed E-state index contributed by atoms with van der Waals surface area (Å²) in [7, 11) is 0. The summed E-state index contributed by atoms with van der Waals surface area (Å²) in [5.74, 6) is -0.635. The van der Waals surface area contributed by atoms with Gasteiger partial charge in [-0.25, -0.2) is 4.39 Å². The molecule has 0 unspecified atom stereocenters. The molecule has 1 amide bonds. The predicted molar refractivity (Wildman–Crippen MR) is 87.0 cm³/mol. The van der Waals surface area contributed by atoms with Gasteiger partial charge in [0.15, 0.2) is 0 Å². The van der Waals surface area contributed by atoms with E-state index in [1.54, 1.807) is 18.2 Å². The Morgan fingerprint density at radius 2 is 1.73 bits per heavy atom. The van der Waals surface area contributed by atoms with Crippen LogP contribution in [0.3, 0.4) is 0 Å². The van der Waals surface area contributed by atoms with Crippen molar-refractivity contribution in [2.45, 2.75) is 26.4 Å². The zero-order valence-electron chi connectivity index (χ0n) is 12.9. The standard InChI is InChI=1S/C18H21FN2O/c1-14(2)21(12-15-8-4-3-5-9-15)13-18(22)20-17-11-7-6-10-16(17)19/h3-11,14H,12-13H2,1-2H3,(H,20,22). The van der Waals surface area contributed by atoms with Gasteiger partial charge in [-0.15, -0.1) is 0 Å². The molecule has 0 aliphatic carbocycles. The van der Waals surface area contributed by atoms with Crippen molar-refractivity contribution in [3.63, 3.8) is 0 Å². The summed E-state index contributed by atoms with van der Waals surface area (Å²) in [6.45, 7) is 4.99. The number of nitrogens with one attached hydrogen (secondary N) is 1. The molecular formula is C18H21FN2O. The van der Waals surface area contributed by atoms with Gasteiger partial charge in [0.2, 0.25) is 5.91 Å². The highest BCUT2D eigenvalue weighted by Gasteiger charge is 2.15. The van der Waals surface area contributed by atoms with Crippen molar-refractivity contribution < 1.29 is 9.18 Å². The van der Waals surface area contributed by atoms with Crippen LogP contribution in [-0.2, 0) is 11.3 Å². The number of anilines is 1. The van der Waals surface area contributed by atoms with E-state index in [0.717, 1.165) is 5.56 Å². The summed E-state index contributed by atoms with van der Waals surface area (Å²) in [5.41, 5.74) is 1.37. The fourth-order valence-corrected chi connectivity index (χ4v) is 2.18. The highest BCUT2D eigenvalue weighted by atomic mass is 19.1. The molecule has 1 N–H and O–H groups in total. The third-order valence-electron chi connectivity index (χ3n) is 3.45. The van der Waals surface area contributed by atoms with Crippen molar-refractivity contribution >= 4 is 11.6 Å². The topological polar surface area (TPSA) is 32.3 Å². The molecule has 0 fully saturated rings. The Morgan fingerprint density at radius 3 is 2.36 bits per heavy atom. The van der Waals surface area contributed by atoms with E-state index in [0.29, 0.717) is 6.54 Å². The molecule has 2 aromatic rings. The maximum atomic E-state index is 13.6. The summed E-state index contributed by atoms with van der Waals surface area (Å²) in [4.78, 5) is 14.2. The fraction of sp³-hybridized carbons (Fsp3) is 0.278. The molecule has 0 aliphatic rings. The summed E-state index contributed by atoms with van der Waals surface area (Å²) in [5, 5.41) is 2.63. The van der Waals surface area contributed by atoms with Crippen molar-refractivity contribution in [3.8, 4) is 0 Å². The second kappa shape index (κ2) is 7.71. The van der Waals surface area contributed by atoms with Crippen LogP contribution in [0, 0.1) is 5.82 Å². The van der Waals surface area contributed by atoms with Crippen LogP contribution in [0.2, 0.25) is 0 Å². The van der Waals surface area contributed by atoms with Crippen LogP contribution in [0.4, 0.5) is 10.1 Å². The van der Waals surface area contributed by atoms with E-state index in [9.17, 15) is 9.18 Å². The van der Waals surface area contributed by atoms with Gasteiger partial charge in [-0.2, -0.15) is 0 Å². The van der Waals surface area contributed by atoms with Crippen LogP contribution >= 0.6 is 0 Å². The zero-order chi connectivity index (χ0) is 15.9. The van der Waals surface area contributed by atoms with Crippen molar-refractivity contribution in [1.82, 2.24) is 4.90 Å². The van der Waals surface area contributed by atoms with Crippen LogP contribution in [0.1, 0.15) is 19.4 Å². The Morgan fingerprint density at radius 1 is 1.09 bits per heavy atom. The highest BCUT2D eigenvalue weighted by Crippen LogP contribution is 2.13. The first-order chi connectivity index (χ1) is 10.6. The number of para-hydroxylation sites is 1. The summed E-state index contributed by atoms with van der Waals surface area (Å²) < 4.78 is 13.6. The SMILES string of the molecule is CC(C)N(CC(=O)Nc1ccccc1F)Cc1ccccc1. The van der Waals surface area contributed by atoms with Crippen LogP contribution in [0.5, 0.6) is 0 Å². The lowest BCUT2D eigenvalue weighted by Crippen LogP contribution is -2.37. The number of amides is 1. The van der Waals surface area contributed by atoms with E-state index in [1.807, 2.05) is 49.1 Å². The van der Waals surface area contributed by atoms with Gasteiger partial charge >= 0.3 is 0 Å². The molecule has 2 aromatic carbocycles. The van der Waals surface area contributed by atoms with E-state index < -0.39 is 5.82 Å². The average Bonchev–Trinajstić information content (AvgIpc) is 2.50. The minimum atomic E-state index is -0.421. The first-order valence-electron chi connectivity index (χ1n) is 7.38. The molecule has 0 radical (unpaired) electrons. The Kier molecular flexibility index (Phi) is 5.67. The highest BCUT2D eigenvalue weighted by molar-refractivity contribution is 5.92. The molecule has 116 valence electrons. The van der Waals surface area contributed by atoms with Crippen LogP contribution in [0.25, 0.3) is 0 Å². The number of hydrogen-bond acceptors (Lipinski definition) is 2. The van der Waals surface area contributed by atoms with Gasteiger partial charge in [0.05, 0.1) is 12.2 Å². The number of carbonyl (C=O) groups excluding carboxylic acids is 1. The third-order valence-corrected chi connectivity index (χ3v) is 3.45. The zero-order valence-corrected chi connectivity index (χ0v) is 12.9. The number of carbonyl (C=O) groups is 1. The number of rotatable bonds is 6. The molecule has 0 atom stereocenters. The van der Waals surface area contributed by atoms with Gasteiger partial charge in [-0.3, -0.25) is 9.69 Å². The Bertz CT molecular complexity index is 613. The Labute approximate surface area is 130 Å². The van der Waals surface area contributed by atoms with Crippen molar-refractivity contribution in [3.05, 3.63) is 66.0 Å². The van der Waals surface area contributed by atoms with Crippen molar-refractivity contribution in [2.24, 2.45) is 0 Å².